The summed E-state index contributed by atoms with van der Waals surface area (Å²) in [5.74, 6) is 1.94. The van der Waals surface area contributed by atoms with E-state index in [1.54, 1.807) is 13.3 Å². The van der Waals surface area contributed by atoms with E-state index in [0.29, 0.717) is 30.0 Å². The number of methoxy groups -OCH3 is 1. The Morgan fingerprint density at radius 1 is 1.21 bits per heavy atom. The van der Waals surface area contributed by atoms with Crippen molar-refractivity contribution in [3.63, 3.8) is 0 Å². The third kappa shape index (κ3) is 4.61. The molecule has 11 heteroatoms. The van der Waals surface area contributed by atoms with E-state index < -0.39 is 6.09 Å². The highest BCUT2D eigenvalue weighted by Gasteiger charge is 2.21. The summed E-state index contributed by atoms with van der Waals surface area (Å²) in [6.45, 7) is 5.91. The average molecular weight is 473 g/mol. The molecule has 0 unspecified atom stereocenters. The van der Waals surface area contributed by atoms with Crippen molar-refractivity contribution in [2.24, 2.45) is 7.05 Å². The van der Waals surface area contributed by atoms with Crippen molar-refractivity contribution in [1.29, 1.82) is 0 Å². The van der Waals surface area contributed by atoms with Gasteiger partial charge in [-0.1, -0.05) is 11.3 Å². The predicted octanol–water partition coefficient (Wildman–Crippen LogP) is 3.08. The molecule has 0 radical (unpaired) electrons. The fourth-order valence-electron chi connectivity index (χ4n) is 4.26. The minimum atomic E-state index is -0.600. The number of imidazole rings is 1. The molecule has 1 amide bonds. The molecular formula is C22H28N6O4S. The van der Waals surface area contributed by atoms with Crippen molar-refractivity contribution in [3.05, 3.63) is 24.2 Å². The van der Waals surface area contributed by atoms with Crippen LogP contribution in [0.1, 0.15) is 18.7 Å². The molecule has 0 aliphatic carbocycles. The molecule has 5 rings (SSSR count). The van der Waals surface area contributed by atoms with Crippen molar-refractivity contribution in [3.8, 4) is 11.6 Å². The van der Waals surface area contributed by atoms with Crippen molar-refractivity contribution in [2.75, 3.05) is 56.7 Å². The fraction of sp³-hybridized carbons (Fsp3) is 0.500. The number of aromatic nitrogens is 3. The maximum absolute atomic E-state index is 12.6. The molecule has 176 valence electrons. The first kappa shape index (κ1) is 21.9. The summed E-state index contributed by atoms with van der Waals surface area (Å²) in [7, 11) is 3.48. The Labute approximate surface area is 196 Å². The fourth-order valence-corrected chi connectivity index (χ4v) is 5.27. The van der Waals surface area contributed by atoms with Crippen LogP contribution in [0, 0.1) is 0 Å². The van der Waals surface area contributed by atoms with Crippen molar-refractivity contribution >= 4 is 38.5 Å². The Kier molecular flexibility index (Phi) is 6.34. The largest absolute Gasteiger partial charge is 0.494 e. The normalized spacial score (nSPS) is 17.0. The SMILES string of the molecule is COc1ccc(N2CCOCC2)c2sc(NC(=O)Oc3cnc(CN4CCCC4)n3C)nc12. The van der Waals surface area contributed by atoms with Gasteiger partial charge < -0.3 is 23.7 Å². The van der Waals surface area contributed by atoms with Crippen LogP contribution in [0.15, 0.2) is 18.3 Å². The Hall–Kier alpha value is -2.89. The number of likely N-dealkylation sites (tertiary alicyclic amines) is 1. The maximum atomic E-state index is 12.6. The molecule has 2 saturated heterocycles. The highest BCUT2D eigenvalue weighted by molar-refractivity contribution is 7.23. The van der Waals surface area contributed by atoms with Crippen molar-refractivity contribution in [2.45, 2.75) is 19.4 Å². The molecule has 33 heavy (non-hydrogen) atoms. The first-order valence-corrected chi connectivity index (χ1v) is 12.0. The van der Waals surface area contributed by atoms with Gasteiger partial charge in [-0.05, 0) is 38.1 Å². The lowest BCUT2D eigenvalue weighted by molar-refractivity contribution is 0.123. The molecule has 0 spiro atoms. The molecule has 0 atom stereocenters. The summed E-state index contributed by atoms with van der Waals surface area (Å²) in [6, 6.07) is 3.94. The van der Waals surface area contributed by atoms with Crippen LogP contribution < -0.4 is 19.7 Å². The van der Waals surface area contributed by atoms with Gasteiger partial charge in [0.05, 0.1) is 43.5 Å². The van der Waals surface area contributed by atoms with Crippen molar-refractivity contribution in [1.82, 2.24) is 19.4 Å². The van der Waals surface area contributed by atoms with Crippen LogP contribution in [0.3, 0.4) is 0 Å². The summed E-state index contributed by atoms with van der Waals surface area (Å²) in [5.41, 5.74) is 1.78. The summed E-state index contributed by atoms with van der Waals surface area (Å²) >= 11 is 1.40. The number of rotatable bonds is 6. The van der Waals surface area contributed by atoms with Gasteiger partial charge in [0.1, 0.15) is 17.1 Å². The highest BCUT2D eigenvalue weighted by atomic mass is 32.1. The lowest BCUT2D eigenvalue weighted by Gasteiger charge is -2.29. The second-order valence-electron chi connectivity index (χ2n) is 8.15. The van der Waals surface area contributed by atoms with Crippen molar-refractivity contribution < 1.29 is 19.0 Å². The van der Waals surface area contributed by atoms with Crippen LogP contribution in [0.2, 0.25) is 0 Å². The number of nitrogens with one attached hydrogen (secondary N) is 1. The minimum absolute atomic E-state index is 0.398. The Bertz CT molecular complexity index is 1130. The Balaban J connectivity index is 1.31. The summed E-state index contributed by atoms with van der Waals surface area (Å²) in [5, 5.41) is 3.22. The van der Waals surface area contributed by atoms with E-state index in [2.05, 4.69) is 25.1 Å². The van der Waals surface area contributed by atoms with Crippen LogP contribution in [0.25, 0.3) is 10.2 Å². The van der Waals surface area contributed by atoms with Gasteiger partial charge in [-0.2, -0.15) is 0 Å². The van der Waals surface area contributed by atoms with Gasteiger partial charge in [-0.15, -0.1) is 0 Å². The molecule has 1 N–H and O–H groups in total. The monoisotopic (exact) mass is 472 g/mol. The highest BCUT2D eigenvalue weighted by Crippen LogP contribution is 2.39. The van der Waals surface area contributed by atoms with E-state index in [1.165, 1.54) is 24.2 Å². The van der Waals surface area contributed by atoms with Crippen LogP contribution in [0.4, 0.5) is 15.6 Å². The summed E-state index contributed by atoms with van der Waals surface area (Å²) < 4.78 is 19.3. The van der Waals surface area contributed by atoms with E-state index in [1.807, 2.05) is 23.7 Å². The van der Waals surface area contributed by atoms with Gasteiger partial charge in [-0.25, -0.2) is 14.8 Å². The molecule has 0 saturated carbocycles. The number of benzene rings is 1. The van der Waals surface area contributed by atoms with E-state index in [9.17, 15) is 4.79 Å². The topological polar surface area (TPSA) is 94.0 Å². The van der Waals surface area contributed by atoms with Crippen LogP contribution in [-0.4, -0.2) is 72.0 Å². The molecule has 2 aliphatic heterocycles. The first-order chi connectivity index (χ1) is 16.1. The molecule has 1 aromatic carbocycles. The molecule has 4 heterocycles. The third-order valence-corrected chi connectivity index (χ3v) is 7.06. The maximum Gasteiger partial charge on any atom is 0.420 e. The van der Waals surface area contributed by atoms with Crippen LogP contribution >= 0.6 is 11.3 Å². The number of thiazole rings is 1. The summed E-state index contributed by atoms with van der Waals surface area (Å²) in [4.78, 5) is 26.3. The van der Waals surface area contributed by atoms with Crippen LogP contribution in [-0.2, 0) is 18.3 Å². The number of hydrogen-bond donors (Lipinski definition) is 1. The number of amides is 1. The van der Waals surface area contributed by atoms with Gasteiger partial charge in [0.2, 0.25) is 5.88 Å². The number of anilines is 2. The number of carbonyl (C=O) groups excluding carboxylic acids is 1. The zero-order valence-corrected chi connectivity index (χ0v) is 19.7. The van der Waals surface area contributed by atoms with Gasteiger partial charge in [0, 0.05) is 20.1 Å². The zero-order valence-electron chi connectivity index (χ0n) is 18.9. The summed E-state index contributed by atoms with van der Waals surface area (Å²) in [6.07, 6.45) is 3.42. The Morgan fingerprint density at radius 2 is 2.00 bits per heavy atom. The quantitative estimate of drug-likeness (QED) is 0.585. The third-order valence-electron chi connectivity index (χ3n) is 6.07. The van der Waals surface area contributed by atoms with E-state index in [-0.39, 0.29) is 0 Å². The smallest absolute Gasteiger partial charge is 0.420 e. The van der Waals surface area contributed by atoms with Gasteiger partial charge in [0.25, 0.3) is 0 Å². The number of hydrogen-bond acceptors (Lipinski definition) is 9. The molecule has 2 aliphatic rings. The number of fused-ring (bicyclic) bond motifs is 1. The average Bonchev–Trinajstić information content (AvgIpc) is 3.56. The second-order valence-corrected chi connectivity index (χ2v) is 9.15. The number of nitrogens with zero attached hydrogens (tertiary/aromatic N) is 5. The molecule has 2 aromatic heterocycles. The number of morpholine rings is 1. The molecule has 10 nitrogen and oxygen atoms in total. The number of ether oxygens (including phenoxy) is 3. The lowest BCUT2D eigenvalue weighted by atomic mass is 10.2. The molecule has 0 bridgehead atoms. The lowest BCUT2D eigenvalue weighted by Crippen LogP contribution is -2.36. The first-order valence-electron chi connectivity index (χ1n) is 11.1. The molecular weight excluding hydrogens is 444 g/mol. The number of carbonyl (C=O) groups is 1. The van der Waals surface area contributed by atoms with Gasteiger partial charge in [0.15, 0.2) is 5.13 Å². The second kappa shape index (κ2) is 9.54. The minimum Gasteiger partial charge on any atom is -0.494 e. The molecule has 2 fully saturated rings. The van der Waals surface area contributed by atoms with Gasteiger partial charge >= 0.3 is 6.09 Å². The van der Waals surface area contributed by atoms with Gasteiger partial charge in [-0.3, -0.25) is 10.2 Å². The van der Waals surface area contributed by atoms with E-state index >= 15 is 0 Å². The standard InChI is InChI=1S/C22H28N6O4S/c1-26-17(14-27-7-3-4-8-27)23-13-18(26)32-22(29)25-21-24-19-16(30-2)6-5-15(20(19)33-21)28-9-11-31-12-10-28/h5-6,13H,3-4,7-12,14H2,1-2H3,(H,24,25,29). The Morgan fingerprint density at radius 3 is 2.76 bits per heavy atom. The zero-order chi connectivity index (χ0) is 22.8. The predicted molar refractivity (Wildman–Crippen MR) is 127 cm³/mol. The van der Waals surface area contributed by atoms with E-state index in [4.69, 9.17) is 14.2 Å². The molecule has 3 aromatic rings. The van der Waals surface area contributed by atoms with E-state index in [0.717, 1.165) is 54.5 Å². The van der Waals surface area contributed by atoms with Crippen LogP contribution in [0.5, 0.6) is 11.6 Å².